The Morgan fingerprint density at radius 2 is 2.38 bits per heavy atom. The number of hydrogen-bond donors (Lipinski definition) is 0. The van der Waals surface area contributed by atoms with Gasteiger partial charge in [0.15, 0.2) is 0 Å². The van der Waals surface area contributed by atoms with Crippen molar-refractivity contribution < 1.29 is 0 Å². The molecule has 0 bridgehead atoms. The molecule has 0 aliphatic heterocycles. The van der Waals surface area contributed by atoms with Gasteiger partial charge in [0.05, 0.1) is 0 Å². The molecule has 0 fully saturated rings. The molecule has 66 valence electrons. The van der Waals surface area contributed by atoms with Gasteiger partial charge in [0.2, 0.25) is 0 Å². The Hall–Kier alpha value is -1.25. The van der Waals surface area contributed by atoms with Gasteiger partial charge in [-0.25, -0.2) is 0 Å². The van der Waals surface area contributed by atoms with Crippen molar-refractivity contribution in [2.45, 2.75) is 0 Å². The number of hydrogen-bond acceptors (Lipinski definition) is 1. The fraction of sp³-hybridized carbons (Fsp3) is 0.111. The van der Waals surface area contributed by atoms with Gasteiger partial charge < -0.3 is 0 Å². The summed E-state index contributed by atoms with van der Waals surface area (Å²) in [6.45, 7) is 0.392. The van der Waals surface area contributed by atoms with Crippen molar-refractivity contribution in [1.82, 2.24) is 0 Å². The van der Waals surface area contributed by atoms with E-state index in [0.717, 1.165) is 10.0 Å². The molecule has 3 nitrogen and oxygen atoms in total. The van der Waals surface area contributed by atoms with Crippen LogP contribution >= 0.6 is 15.9 Å². The Morgan fingerprint density at radius 1 is 1.54 bits per heavy atom. The first-order valence-electron chi connectivity index (χ1n) is 3.76. The molecule has 0 unspecified atom stereocenters. The van der Waals surface area contributed by atoms with Gasteiger partial charge in [-0.05, 0) is 23.2 Å². The van der Waals surface area contributed by atoms with Gasteiger partial charge in [-0.2, -0.15) is 0 Å². The summed E-state index contributed by atoms with van der Waals surface area (Å²) in [6, 6.07) is 7.89. The molecule has 0 saturated heterocycles. The second-order valence-corrected chi connectivity index (χ2v) is 3.29. The largest absolute Gasteiger partial charge is 0.0899 e. The van der Waals surface area contributed by atoms with Gasteiger partial charge in [-0.3, -0.25) is 0 Å². The molecule has 0 aliphatic rings. The third-order valence-corrected chi connectivity index (χ3v) is 1.90. The topological polar surface area (TPSA) is 48.8 Å². The van der Waals surface area contributed by atoms with E-state index < -0.39 is 0 Å². The molecule has 0 radical (unpaired) electrons. The number of azide groups is 1. The van der Waals surface area contributed by atoms with E-state index in [4.69, 9.17) is 5.53 Å². The highest BCUT2D eigenvalue weighted by Gasteiger charge is 1.86. The highest BCUT2D eigenvalue weighted by molar-refractivity contribution is 9.10. The van der Waals surface area contributed by atoms with Crippen LogP contribution in [0.5, 0.6) is 0 Å². The van der Waals surface area contributed by atoms with Gasteiger partial charge in [-0.1, -0.05) is 45.3 Å². The Bertz CT molecular complexity index is 354. The van der Waals surface area contributed by atoms with Gasteiger partial charge in [-0.15, -0.1) is 0 Å². The minimum absolute atomic E-state index is 0.392. The number of halogens is 1. The maximum atomic E-state index is 8.02. The Kier molecular flexibility index (Phi) is 4.09. The van der Waals surface area contributed by atoms with Crippen molar-refractivity contribution in [1.29, 1.82) is 0 Å². The van der Waals surface area contributed by atoms with Crippen LogP contribution in [0, 0.1) is 0 Å². The van der Waals surface area contributed by atoms with E-state index in [1.165, 1.54) is 0 Å². The minimum atomic E-state index is 0.392. The summed E-state index contributed by atoms with van der Waals surface area (Å²) in [5, 5.41) is 3.39. The summed E-state index contributed by atoms with van der Waals surface area (Å²) in [7, 11) is 0. The van der Waals surface area contributed by atoms with E-state index in [1.54, 1.807) is 0 Å². The number of nitrogens with zero attached hydrogens (tertiary/aromatic N) is 3. The maximum absolute atomic E-state index is 8.02. The van der Waals surface area contributed by atoms with E-state index in [2.05, 4.69) is 26.0 Å². The smallest absolute Gasteiger partial charge is 0.0443 e. The molecule has 0 saturated carbocycles. The molecule has 4 heteroatoms. The molecule has 0 heterocycles. The van der Waals surface area contributed by atoms with Crippen LogP contribution in [-0.2, 0) is 0 Å². The van der Waals surface area contributed by atoms with Gasteiger partial charge in [0.25, 0.3) is 0 Å². The molecular formula is C9H8BrN3. The molecule has 0 aromatic heterocycles. The van der Waals surface area contributed by atoms with Crippen molar-refractivity contribution in [3.63, 3.8) is 0 Å². The summed E-state index contributed by atoms with van der Waals surface area (Å²) in [4.78, 5) is 2.65. The van der Waals surface area contributed by atoms with Crippen LogP contribution in [-0.4, -0.2) is 6.54 Å². The molecule has 1 rings (SSSR count). The van der Waals surface area contributed by atoms with E-state index in [-0.39, 0.29) is 0 Å². The quantitative estimate of drug-likeness (QED) is 0.437. The van der Waals surface area contributed by atoms with E-state index in [9.17, 15) is 0 Å². The van der Waals surface area contributed by atoms with Crippen LogP contribution in [0.15, 0.2) is 39.9 Å². The van der Waals surface area contributed by atoms with Crippen molar-refractivity contribution in [3.8, 4) is 0 Å². The zero-order valence-electron chi connectivity index (χ0n) is 6.89. The van der Waals surface area contributed by atoms with Crippen molar-refractivity contribution in [2.75, 3.05) is 6.54 Å². The normalized spacial score (nSPS) is 9.92. The van der Waals surface area contributed by atoms with Crippen LogP contribution in [0.4, 0.5) is 0 Å². The minimum Gasteiger partial charge on any atom is -0.0899 e. The molecule has 0 amide bonds. The third kappa shape index (κ3) is 3.78. The molecular weight excluding hydrogens is 230 g/mol. The maximum Gasteiger partial charge on any atom is 0.0443 e. The van der Waals surface area contributed by atoms with Gasteiger partial charge >= 0.3 is 0 Å². The fourth-order valence-electron chi connectivity index (χ4n) is 0.883. The highest BCUT2D eigenvalue weighted by atomic mass is 79.9. The summed E-state index contributed by atoms with van der Waals surface area (Å²) in [5.41, 5.74) is 9.11. The lowest BCUT2D eigenvalue weighted by Gasteiger charge is -1.92. The molecule has 13 heavy (non-hydrogen) atoms. The first kappa shape index (κ1) is 9.84. The summed E-state index contributed by atoms with van der Waals surface area (Å²) in [6.07, 6.45) is 3.74. The van der Waals surface area contributed by atoms with E-state index in [1.807, 2.05) is 36.4 Å². The van der Waals surface area contributed by atoms with Crippen LogP contribution in [0.25, 0.3) is 16.5 Å². The average Bonchev–Trinajstić information content (AvgIpc) is 2.13. The fourth-order valence-corrected chi connectivity index (χ4v) is 1.30. The van der Waals surface area contributed by atoms with Crippen LogP contribution in [0.1, 0.15) is 5.56 Å². The first-order valence-corrected chi connectivity index (χ1v) is 4.55. The summed E-state index contributed by atoms with van der Waals surface area (Å²) in [5.74, 6) is 0. The molecule has 0 spiro atoms. The Balaban J connectivity index is 2.63. The lowest BCUT2D eigenvalue weighted by molar-refractivity contribution is 1.22. The van der Waals surface area contributed by atoms with Gasteiger partial charge in [0.1, 0.15) is 0 Å². The average molecular weight is 238 g/mol. The molecule has 0 N–H and O–H groups in total. The predicted molar refractivity (Wildman–Crippen MR) is 57.2 cm³/mol. The Morgan fingerprint density at radius 3 is 3.08 bits per heavy atom. The SMILES string of the molecule is [N-]=[N+]=NCC=Cc1cccc(Br)c1. The van der Waals surface area contributed by atoms with Crippen molar-refractivity contribution in [2.24, 2.45) is 5.11 Å². The van der Waals surface area contributed by atoms with Crippen LogP contribution < -0.4 is 0 Å². The summed E-state index contributed by atoms with van der Waals surface area (Å²) < 4.78 is 1.04. The number of rotatable bonds is 3. The first-order chi connectivity index (χ1) is 6.33. The second-order valence-electron chi connectivity index (χ2n) is 2.37. The third-order valence-electron chi connectivity index (χ3n) is 1.41. The lowest BCUT2D eigenvalue weighted by Crippen LogP contribution is -1.72. The Labute approximate surface area is 84.8 Å². The van der Waals surface area contributed by atoms with Crippen LogP contribution in [0.2, 0.25) is 0 Å². The standard InChI is InChI=1S/C9H8BrN3/c10-9-5-1-3-8(7-9)4-2-6-12-13-11/h1-5,7H,6H2. The molecule has 0 atom stereocenters. The van der Waals surface area contributed by atoms with Gasteiger partial charge in [0, 0.05) is 15.9 Å². The van der Waals surface area contributed by atoms with Crippen molar-refractivity contribution in [3.05, 3.63) is 50.8 Å². The highest BCUT2D eigenvalue weighted by Crippen LogP contribution is 2.12. The zero-order valence-corrected chi connectivity index (χ0v) is 8.48. The molecule has 1 aromatic carbocycles. The van der Waals surface area contributed by atoms with E-state index in [0.29, 0.717) is 6.54 Å². The number of benzene rings is 1. The van der Waals surface area contributed by atoms with Crippen LogP contribution in [0.3, 0.4) is 0 Å². The summed E-state index contributed by atoms with van der Waals surface area (Å²) >= 11 is 3.37. The monoisotopic (exact) mass is 237 g/mol. The molecule has 1 aromatic rings. The lowest BCUT2D eigenvalue weighted by atomic mass is 10.2. The zero-order chi connectivity index (χ0) is 9.52. The molecule has 0 aliphatic carbocycles. The van der Waals surface area contributed by atoms with E-state index >= 15 is 0 Å². The van der Waals surface area contributed by atoms with Crippen molar-refractivity contribution >= 4 is 22.0 Å². The second kappa shape index (κ2) is 5.41. The predicted octanol–water partition coefficient (Wildman–Crippen LogP) is 3.77.